The molecular formula is C15H19NOS. The molecule has 0 saturated carbocycles. The summed E-state index contributed by atoms with van der Waals surface area (Å²) in [5.41, 5.74) is 3.91. The topological polar surface area (TPSA) is 21.3 Å². The molecular weight excluding hydrogens is 242 g/mol. The van der Waals surface area contributed by atoms with E-state index < -0.39 is 0 Å². The minimum absolute atomic E-state index is 0.381. The third kappa shape index (κ3) is 3.42. The van der Waals surface area contributed by atoms with Crippen molar-refractivity contribution in [1.29, 1.82) is 0 Å². The van der Waals surface area contributed by atoms with Crippen LogP contribution in [0.15, 0.2) is 41.1 Å². The Morgan fingerprint density at radius 1 is 1.22 bits per heavy atom. The molecule has 1 unspecified atom stereocenters. The Labute approximate surface area is 113 Å². The number of ether oxygens (including phenoxy) is 1. The molecule has 1 atom stereocenters. The molecule has 0 aliphatic carbocycles. The van der Waals surface area contributed by atoms with Gasteiger partial charge in [-0.3, -0.25) is 0 Å². The first-order valence-electron chi connectivity index (χ1n) is 6.12. The van der Waals surface area contributed by atoms with E-state index >= 15 is 0 Å². The zero-order valence-electron chi connectivity index (χ0n) is 10.8. The van der Waals surface area contributed by atoms with E-state index in [0.717, 1.165) is 6.54 Å². The first kappa shape index (κ1) is 13.3. The van der Waals surface area contributed by atoms with Crippen molar-refractivity contribution in [2.24, 2.45) is 0 Å². The van der Waals surface area contributed by atoms with Crippen molar-refractivity contribution in [1.82, 2.24) is 5.32 Å². The molecule has 0 amide bonds. The van der Waals surface area contributed by atoms with Gasteiger partial charge in [0.15, 0.2) is 0 Å². The predicted molar refractivity (Wildman–Crippen MR) is 76.7 cm³/mol. The van der Waals surface area contributed by atoms with Crippen LogP contribution in [-0.2, 0) is 17.9 Å². The van der Waals surface area contributed by atoms with E-state index in [1.165, 1.54) is 16.7 Å². The van der Waals surface area contributed by atoms with Crippen molar-refractivity contribution in [2.45, 2.75) is 26.1 Å². The lowest BCUT2D eigenvalue weighted by Crippen LogP contribution is -2.18. The average Bonchev–Trinajstić information content (AvgIpc) is 2.92. The van der Waals surface area contributed by atoms with E-state index in [1.54, 1.807) is 18.4 Å². The lowest BCUT2D eigenvalue weighted by molar-refractivity contribution is 0.184. The van der Waals surface area contributed by atoms with Crippen molar-refractivity contribution in [2.75, 3.05) is 7.11 Å². The minimum atomic E-state index is 0.381. The molecule has 1 N–H and O–H groups in total. The second kappa shape index (κ2) is 6.69. The number of nitrogens with one attached hydrogen (secondary N) is 1. The van der Waals surface area contributed by atoms with Gasteiger partial charge in [-0.2, -0.15) is 11.3 Å². The van der Waals surface area contributed by atoms with Crippen molar-refractivity contribution < 1.29 is 4.74 Å². The maximum absolute atomic E-state index is 5.22. The van der Waals surface area contributed by atoms with Crippen LogP contribution in [0.4, 0.5) is 0 Å². The Balaban J connectivity index is 1.97. The number of benzene rings is 1. The molecule has 0 aliphatic rings. The van der Waals surface area contributed by atoms with Crippen LogP contribution in [0.25, 0.3) is 0 Å². The molecule has 0 fully saturated rings. The summed E-state index contributed by atoms with van der Waals surface area (Å²) in [7, 11) is 1.73. The SMILES string of the molecule is COCc1ccccc1CNC(C)c1ccsc1. The molecule has 0 radical (unpaired) electrons. The summed E-state index contributed by atoms with van der Waals surface area (Å²) < 4.78 is 5.22. The van der Waals surface area contributed by atoms with Gasteiger partial charge in [0.1, 0.15) is 0 Å². The molecule has 96 valence electrons. The fourth-order valence-electron chi connectivity index (χ4n) is 1.93. The van der Waals surface area contributed by atoms with E-state index in [2.05, 4.69) is 53.3 Å². The largest absolute Gasteiger partial charge is 0.380 e. The Morgan fingerprint density at radius 3 is 2.67 bits per heavy atom. The van der Waals surface area contributed by atoms with Gasteiger partial charge in [0, 0.05) is 19.7 Å². The first-order valence-corrected chi connectivity index (χ1v) is 7.06. The summed E-state index contributed by atoms with van der Waals surface area (Å²) in [6.45, 7) is 3.74. The summed E-state index contributed by atoms with van der Waals surface area (Å²) in [4.78, 5) is 0. The molecule has 2 nitrogen and oxygen atoms in total. The quantitative estimate of drug-likeness (QED) is 0.855. The maximum atomic E-state index is 5.22. The molecule has 3 heteroatoms. The molecule has 2 rings (SSSR count). The standard InChI is InChI=1S/C15H19NOS/c1-12(15-7-8-18-11-15)16-9-13-5-3-4-6-14(13)10-17-2/h3-8,11-12,16H,9-10H2,1-2H3. The van der Waals surface area contributed by atoms with Crippen LogP contribution in [0.1, 0.15) is 29.7 Å². The van der Waals surface area contributed by atoms with E-state index in [1.807, 2.05) is 0 Å². The normalized spacial score (nSPS) is 12.6. The molecule has 1 aromatic heterocycles. The van der Waals surface area contributed by atoms with Gasteiger partial charge < -0.3 is 10.1 Å². The number of thiophene rings is 1. The second-order valence-corrected chi connectivity index (χ2v) is 5.14. The van der Waals surface area contributed by atoms with Gasteiger partial charge in [-0.1, -0.05) is 24.3 Å². The summed E-state index contributed by atoms with van der Waals surface area (Å²) in [5, 5.41) is 7.86. The van der Waals surface area contributed by atoms with Gasteiger partial charge in [0.2, 0.25) is 0 Å². The molecule has 1 aromatic carbocycles. The molecule has 0 bridgehead atoms. The third-order valence-electron chi connectivity index (χ3n) is 3.06. The summed E-state index contributed by atoms with van der Waals surface area (Å²) in [5.74, 6) is 0. The van der Waals surface area contributed by atoms with Gasteiger partial charge in [0.05, 0.1) is 6.61 Å². The number of methoxy groups -OCH3 is 1. The first-order chi connectivity index (χ1) is 8.81. The molecule has 0 saturated heterocycles. The number of rotatable bonds is 6. The fraction of sp³-hybridized carbons (Fsp3) is 0.333. The highest BCUT2D eigenvalue weighted by atomic mass is 32.1. The Bertz CT molecular complexity index is 467. The summed E-state index contributed by atoms with van der Waals surface area (Å²) >= 11 is 1.74. The summed E-state index contributed by atoms with van der Waals surface area (Å²) in [6.07, 6.45) is 0. The maximum Gasteiger partial charge on any atom is 0.0716 e. The third-order valence-corrected chi connectivity index (χ3v) is 3.76. The molecule has 0 spiro atoms. The minimum Gasteiger partial charge on any atom is -0.380 e. The van der Waals surface area contributed by atoms with Crippen molar-refractivity contribution >= 4 is 11.3 Å². The van der Waals surface area contributed by atoms with E-state index in [-0.39, 0.29) is 0 Å². The van der Waals surface area contributed by atoms with Crippen LogP contribution in [0.5, 0.6) is 0 Å². The Hall–Kier alpha value is -1.16. The van der Waals surface area contributed by atoms with Crippen LogP contribution < -0.4 is 5.32 Å². The Morgan fingerprint density at radius 2 is 2.00 bits per heavy atom. The van der Waals surface area contributed by atoms with Crippen molar-refractivity contribution in [3.8, 4) is 0 Å². The molecule has 1 heterocycles. The second-order valence-electron chi connectivity index (χ2n) is 4.36. The average molecular weight is 261 g/mol. The van der Waals surface area contributed by atoms with Crippen LogP contribution in [0.2, 0.25) is 0 Å². The zero-order chi connectivity index (χ0) is 12.8. The smallest absolute Gasteiger partial charge is 0.0716 e. The van der Waals surface area contributed by atoms with Gasteiger partial charge in [-0.25, -0.2) is 0 Å². The van der Waals surface area contributed by atoms with E-state index in [9.17, 15) is 0 Å². The van der Waals surface area contributed by atoms with Gasteiger partial charge in [-0.05, 0) is 40.4 Å². The molecule has 0 aliphatic heterocycles. The van der Waals surface area contributed by atoms with E-state index in [4.69, 9.17) is 4.74 Å². The number of hydrogen-bond donors (Lipinski definition) is 1. The fourth-order valence-corrected chi connectivity index (χ4v) is 2.68. The van der Waals surface area contributed by atoms with Crippen LogP contribution >= 0.6 is 11.3 Å². The lowest BCUT2D eigenvalue weighted by Gasteiger charge is -2.14. The predicted octanol–water partition coefficient (Wildman–Crippen LogP) is 3.75. The van der Waals surface area contributed by atoms with Gasteiger partial charge >= 0.3 is 0 Å². The van der Waals surface area contributed by atoms with Crippen LogP contribution in [-0.4, -0.2) is 7.11 Å². The van der Waals surface area contributed by atoms with Crippen molar-refractivity contribution in [3.63, 3.8) is 0 Å². The highest BCUT2D eigenvalue weighted by Gasteiger charge is 2.06. The lowest BCUT2D eigenvalue weighted by atomic mass is 10.1. The number of hydrogen-bond acceptors (Lipinski definition) is 3. The highest BCUT2D eigenvalue weighted by molar-refractivity contribution is 7.07. The van der Waals surface area contributed by atoms with Crippen LogP contribution in [0, 0.1) is 0 Å². The monoisotopic (exact) mass is 261 g/mol. The zero-order valence-corrected chi connectivity index (χ0v) is 11.7. The Kier molecular flexibility index (Phi) is 4.93. The van der Waals surface area contributed by atoms with Gasteiger partial charge in [-0.15, -0.1) is 0 Å². The van der Waals surface area contributed by atoms with Crippen molar-refractivity contribution in [3.05, 3.63) is 57.8 Å². The summed E-state index contributed by atoms with van der Waals surface area (Å²) in [6, 6.07) is 11.0. The van der Waals surface area contributed by atoms with Gasteiger partial charge in [0.25, 0.3) is 0 Å². The molecule has 2 aromatic rings. The van der Waals surface area contributed by atoms with Crippen LogP contribution in [0.3, 0.4) is 0 Å². The molecule has 18 heavy (non-hydrogen) atoms. The van der Waals surface area contributed by atoms with E-state index in [0.29, 0.717) is 12.6 Å². The highest BCUT2D eigenvalue weighted by Crippen LogP contribution is 2.17.